The zero-order valence-electron chi connectivity index (χ0n) is 10.7. The van der Waals surface area contributed by atoms with Gasteiger partial charge in [-0.15, -0.1) is 0 Å². The van der Waals surface area contributed by atoms with Crippen LogP contribution in [0.5, 0.6) is 0 Å². The minimum Gasteiger partial charge on any atom is -0.481 e. The number of rotatable bonds is 2. The molecule has 1 aromatic rings. The molecule has 1 aromatic carbocycles. The van der Waals surface area contributed by atoms with E-state index >= 15 is 0 Å². The number of amides is 1. The lowest BCUT2D eigenvalue weighted by atomic mass is 9.97. The van der Waals surface area contributed by atoms with Gasteiger partial charge in [-0.05, 0) is 47.8 Å². The molecule has 1 atom stereocenters. The summed E-state index contributed by atoms with van der Waals surface area (Å²) < 4.78 is 0.751. The number of halogens is 1. The molecule has 1 saturated heterocycles. The van der Waals surface area contributed by atoms with Crippen LogP contribution in [0.1, 0.15) is 28.8 Å². The molecule has 19 heavy (non-hydrogen) atoms. The highest BCUT2D eigenvalue weighted by Crippen LogP contribution is 2.23. The van der Waals surface area contributed by atoms with E-state index in [1.807, 2.05) is 25.1 Å². The van der Waals surface area contributed by atoms with E-state index in [0.717, 1.165) is 16.5 Å². The SMILES string of the molecule is Cc1ccc(Br)c(C(=O)N2CCCC(C(=O)O)C2)c1. The number of carbonyl (C=O) groups is 2. The molecule has 2 rings (SSSR count). The van der Waals surface area contributed by atoms with Gasteiger partial charge in [0.25, 0.3) is 5.91 Å². The first kappa shape index (κ1) is 14.1. The van der Waals surface area contributed by atoms with Crippen LogP contribution in [0.15, 0.2) is 22.7 Å². The molecule has 0 radical (unpaired) electrons. The number of piperidine rings is 1. The molecule has 1 heterocycles. The third-order valence-electron chi connectivity index (χ3n) is 3.41. The Morgan fingerprint density at radius 2 is 2.16 bits per heavy atom. The second kappa shape index (κ2) is 5.74. The van der Waals surface area contributed by atoms with Crippen molar-refractivity contribution in [3.63, 3.8) is 0 Å². The standard InChI is InChI=1S/C14H16BrNO3/c1-9-4-5-12(15)11(7-9)13(17)16-6-2-3-10(8-16)14(18)19/h4-5,7,10H,2-3,6,8H2,1H3,(H,18,19). The van der Waals surface area contributed by atoms with Crippen LogP contribution in [0, 0.1) is 12.8 Å². The van der Waals surface area contributed by atoms with Crippen molar-refractivity contribution >= 4 is 27.8 Å². The normalized spacial score (nSPS) is 19.3. The van der Waals surface area contributed by atoms with E-state index in [2.05, 4.69) is 15.9 Å². The van der Waals surface area contributed by atoms with E-state index in [9.17, 15) is 9.59 Å². The van der Waals surface area contributed by atoms with Gasteiger partial charge in [0.05, 0.1) is 11.5 Å². The minimum atomic E-state index is -0.819. The highest BCUT2D eigenvalue weighted by molar-refractivity contribution is 9.10. The van der Waals surface area contributed by atoms with Gasteiger partial charge in [0.2, 0.25) is 0 Å². The zero-order chi connectivity index (χ0) is 14.0. The Labute approximate surface area is 120 Å². The fourth-order valence-electron chi connectivity index (χ4n) is 2.34. The van der Waals surface area contributed by atoms with Gasteiger partial charge in [0.1, 0.15) is 0 Å². The van der Waals surface area contributed by atoms with Gasteiger partial charge in [0, 0.05) is 17.6 Å². The smallest absolute Gasteiger partial charge is 0.308 e. The van der Waals surface area contributed by atoms with Crippen LogP contribution in [0.2, 0.25) is 0 Å². The number of hydrogen-bond donors (Lipinski definition) is 1. The van der Waals surface area contributed by atoms with Crippen LogP contribution in [0.4, 0.5) is 0 Å². The maximum Gasteiger partial charge on any atom is 0.308 e. The van der Waals surface area contributed by atoms with Crippen LogP contribution >= 0.6 is 15.9 Å². The highest BCUT2D eigenvalue weighted by atomic mass is 79.9. The Morgan fingerprint density at radius 1 is 1.42 bits per heavy atom. The number of carboxylic acids is 1. The lowest BCUT2D eigenvalue weighted by Crippen LogP contribution is -2.42. The Bertz CT molecular complexity index is 515. The lowest BCUT2D eigenvalue weighted by Gasteiger charge is -2.31. The fourth-order valence-corrected chi connectivity index (χ4v) is 2.75. The summed E-state index contributed by atoms with van der Waals surface area (Å²) in [6.45, 7) is 2.86. The second-order valence-corrected chi connectivity index (χ2v) is 5.77. The topological polar surface area (TPSA) is 57.6 Å². The first-order valence-corrected chi connectivity index (χ1v) is 7.06. The first-order valence-electron chi connectivity index (χ1n) is 6.27. The summed E-state index contributed by atoms with van der Waals surface area (Å²) in [6, 6.07) is 5.61. The van der Waals surface area contributed by atoms with Gasteiger partial charge in [0.15, 0.2) is 0 Å². The van der Waals surface area contributed by atoms with Gasteiger partial charge in [-0.1, -0.05) is 11.6 Å². The molecule has 0 aliphatic carbocycles. The van der Waals surface area contributed by atoms with Crippen molar-refractivity contribution in [3.8, 4) is 0 Å². The molecular weight excluding hydrogens is 310 g/mol. The summed E-state index contributed by atoms with van der Waals surface area (Å²) >= 11 is 3.38. The molecule has 5 heteroatoms. The van der Waals surface area contributed by atoms with E-state index in [1.54, 1.807) is 4.90 Å². The van der Waals surface area contributed by atoms with Crippen LogP contribution in [0.25, 0.3) is 0 Å². The van der Waals surface area contributed by atoms with E-state index in [1.165, 1.54) is 0 Å². The fraction of sp³-hybridized carbons (Fsp3) is 0.429. The van der Waals surface area contributed by atoms with Crippen molar-refractivity contribution in [1.82, 2.24) is 4.90 Å². The number of hydrogen-bond acceptors (Lipinski definition) is 2. The quantitative estimate of drug-likeness (QED) is 0.909. The molecule has 0 spiro atoms. The van der Waals surface area contributed by atoms with Crippen LogP contribution in [-0.4, -0.2) is 35.0 Å². The average Bonchev–Trinajstić information content (AvgIpc) is 2.41. The summed E-state index contributed by atoms with van der Waals surface area (Å²) in [6.07, 6.45) is 1.39. The summed E-state index contributed by atoms with van der Waals surface area (Å²) in [7, 11) is 0. The molecular formula is C14H16BrNO3. The molecule has 0 aromatic heterocycles. The van der Waals surface area contributed by atoms with E-state index in [4.69, 9.17) is 5.11 Å². The number of likely N-dealkylation sites (tertiary alicyclic amines) is 1. The number of carboxylic acid groups (broad SMARTS) is 1. The van der Waals surface area contributed by atoms with E-state index < -0.39 is 11.9 Å². The molecule has 1 fully saturated rings. The summed E-state index contributed by atoms with van der Waals surface area (Å²) in [5, 5.41) is 9.06. The predicted octanol–water partition coefficient (Wildman–Crippen LogP) is 2.69. The summed E-state index contributed by atoms with van der Waals surface area (Å²) in [5.74, 6) is -1.36. The average molecular weight is 326 g/mol. The van der Waals surface area contributed by atoms with Crippen molar-refractivity contribution in [2.75, 3.05) is 13.1 Å². The zero-order valence-corrected chi connectivity index (χ0v) is 12.3. The predicted molar refractivity (Wildman–Crippen MR) is 75.1 cm³/mol. The molecule has 0 saturated carbocycles. The Kier molecular flexibility index (Phi) is 4.24. The largest absolute Gasteiger partial charge is 0.481 e. The molecule has 1 aliphatic heterocycles. The van der Waals surface area contributed by atoms with Crippen molar-refractivity contribution in [2.45, 2.75) is 19.8 Å². The summed E-state index contributed by atoms with van der Waals surface area (Å²) in [4.78, 5) is 25.1. The highest BCUT2D eigenvalue weighted by Gasteiger charge is 2.29. The number of nitrogens with zero attached hydrogens (tertiary/aromatic N) is 1. The number of carbonyl (C=O) groups excluding carboxylic acids is 1. The van der Waals surface area contributed by atoms with E-state index in [0.29, 0.717) is 25.1 Å². The van der Waals surface area contributed by atoms with Gasteiger partial charge in [-0.3, -0.25) is 9.59 Å². The maximum absolute atomic E-state index is 12.4. The molecule has 1 N–H and O–H groups in total. The van der Waals surface area contributed by atoms with Crippen molar-refractivity contribution in [2.24, 2.45) is 5.92 Å². The number of benzene rings is 1. The third-order valence-corrected chi connectivity index (χ3v) is 4.10. The lowest BCUT2D eigenvalue weighted by molar-refractivity contribution is -0.143. The second-order valence-electron chi connectivity index (χ2n) is 4.91. The first-order chi connectivity index (χ1) is 8.99. The van der Waals surface area contributed by atoms with Crippen molar-refractivity contribution in [3.05, 3.63) is 33.8 Å². The number of aliphatic carboxylic acids is 1. The number of aryl methyl sites for hydroxylation is 1. The van der Waals surface area contributed by atoms with Crippen LogP contribution < -0.4 is 0 Å². The molecule has 1 aliphatic rings. The van der Waals surface area contributed by atoms with Crippen molar-refractivity contribution in [1.29, 1.82) is 0 Å². The molecule has 1 amide bonds. The Morgan fingerprint density at radius 3 is 2.84 bits per heavy atom. The summed E-state index contributed by atoms with van der Waals surface area (Å²) in [5.41, 5.74) is 1.62. The van der Waals surface area contributed by atoms with Crippen molar-refractivity contribution < 1.29 is 14.7 Å². The van der Waals surface area contributed by atoms with Gasteiger partial charge < -0.3 is 10.0 Å². The van der Waals surface area contributed by atoms with Crippen LogP contribution in [0.3, 0.4) is 0 Å². The van der Waals surface area contributed by atoms with E-state index in [-0.39, 0.29) is 5.91 Å². The third kappa shape index (κ3) is 3.15. The van der Waals surface area contributed by atoms with Crippen LogP contribution in [-0.2, 0) is 4.79 Å². The molecule has 0 bridgehead atoms. The maximum atomic E-state index is 12.4. The Balaban J connectivity index is 2.19. The van der Waals surface area contributed by atoms with Gasteiger partial charge in [-0.2, -0.15) is 0 Å². The molecule has 102 valence electrons. The molecule has 1 unspecified atom stereocenters. The van der Waals surface area contributed by atoms with Gasteiger partial charge in [-0.25, -0.2) is 0 Å². The van der Waals surface area contributed by atoms with Gasteiger partial charge >= 0.3 is 5.97 Å². The Hall–Kier alpha value is -1.36. The molecule has 4 nitrogen and oxygen atoms in total. The monoisotopic (exact) mass is 325 g/mol. The minimum absolute atomic E-state index is 0.0958.